The van der Waals surface area contributed by atoms with Gasteiger partial charge in [0.15, 0.2) is 11.5 Å². The maximum atomic E-state index is 12.0. The van der Waals surface area contributed by atoms with Crippen molar-refractivity contribution in [1.29, 1.82) is 5.26 Å². The van der Waals surface area contributed by atoms with E-state index in [4.69, 9.17) is 4.98 Å². The fourth-order valence-electron chi connectivity index (χ4n) is 4.68. The smallest absolute Gasteiger partial charge is 0.328 e. The van der Waals surface area contributed by atoms with Crippen molar-refractivity contribution in [2.45, 2.75) is 26.4 Å². The second-order valence-electron chi connectivity index (χ2n) is 8.23. The number of benzene rings is 1. The van der Waals surface area contributed by atoms with Gasteiger partial charge in [0.1, 0.15) is 17.3 Å². The number of rotatable bonds is 3. The van der Waals surface area contributed by atoms with Crippen molar-refractivity contribution in [3.63, 3.8) is 0 Å². The Morgan fingerprint density at radius 1 is 1.24 bits per heavy atom. The molecule has 0 aliphatic carbocycles. The molecule has 5 aromatic rings. The summed E-state index contributed by atoms with van der Waals surface area (Å²) in [5.41, 5.74) is 4.56. The number of aromatic amines is 1. The number of hydrogen-bond donors (Lipinski definition) is 2. The lowest BCUT2D eigenvalue weighted by atomic mass is 10.1. The molecule has 34 heavy (non-hydrogen) atoms. The molecular weight excluding hydrogens is 432 g/mol. The zero-order chi connectivity index (χ0) is 23.4. The van der Waals surface area contributed by atoms with Crippen LogP contribution >= 0.6 is 0 Å². The number of imidazole rings is 1. The largest absolute Gasteiger partial charge is 0.493 e. The highest BCUT2D eigenvalue weighted by atomic mass is 16.3. The van der Waals surface area contributed by atoms with E-state index in [1.165, 1.54) is 4.57 Å². The lowest BCUT2D eigenvalue weighted by Gasteiger charge is -2.30. The maximum Gasteiger partial charge on any atom is 0.328 e. The Hall–Kier alpha value is -4.65. The summed E-state index contributed by atoms with van der Waals surface area (Å²) in [4.78, 5) is 25.9. The fourth-order valence-corrected chi connectivity index (χ4v) is 4.68. The Morgan fingerprint density at radius 3 is 2.91 bits per heavy atom. The van der Waals surface area contributed by atoms with Crippen molar-refractivity contribution in [2.24, 2.45) is 0 Å². The van der Waals surface area contributed by atoms with Gasteiger partial charge in [0.2, 0.25) is 5.88 Å². The molecule has 0 unspecified atom stereocenters. The van der Waals surface area contributed by atoms with E-state index in [1.54, 1.807) is 10.7 Å². The lowest BCUT2D eigenvalue weighted by molar-refractivity contribution is 0.439. The molecule has 1 aliphatic heterocycles. The summed E-state index contributed by atoms with van der Waals surface area (Å²) in [6.45, 7) is 3.09. The van der Waals surface area contributed by atoms with Crippen LogP contribution < -0.4 is 10.6 Å². The van der Waals surface area contributed by atoms with Crippen LogP contribution in [0.1, 0.15) is 23.9 Å². The third-order valence-electron chi connectivity index (χ3n) is 6.38. The van der Waals surface area contributed by atoms with Gasteiger partial charge >= 0.3 is 5.69 Å². The van der Waals surface area contributed by atoms with Gasteiger partial charge in [-0.05, 0) is 18.6 Å². The van der Waals surface area contributed by atoms with E-state index in [9.17, 15) is 15.2 Å². The summed E-state index contributed by atoms with van der Waals surface area (Å²) in [6.07, 6.45) is 4.14. The van der Waals surface area contributed by atoms with E-state index in [-0.39, 0.29) is 18.1 Å². The van der Waals surface area contributed by atoms with Crippen LogP contribution in [0.2, 0.25) is 0 Å². The molecule has 0 saturated carbocycles. The topological polar surface area (TPSA) is 128 Å². The molecule has 0 amide bonds. The van der Waals surface area contributed by atoms with Crippen LogP contribution in [-0.4, -0.2) is 40.8 Å². The van der Waals surface area contributed by atoms with Crippen LogP contribution in [0, 0.1) is 11.3 Å². The number of aryl methyl sites for hydroxylation is 1. The normalized spacial score (nSPS) is 13.4. The zero-order valence-electron chi connectivity index (χ0n) is 18.4. The van der Waals surface area contributed by atoms with Crippen molar-refractivity contribution >= 4 is 22.4 Å². The van der Waals surface area contributed by atoms with Crippen LogP contribution in [-0.2, 0) is 19.5 Å². The summed E-state index contributed by atoms with van der Waals surface area (Å²) in [5, 5.41) is 25.8. The van der Waals surface area contributed by atoms with E-state index >= 15 is 0 Å². The van der Waals surface area contributed by atoms with E-state index in [2.05, 4.69) is 27.2 Å². The fraction of sp³-hybridized carbons (Fsp3) is 0.208. The highest BCUT2D eigenvalue weighted by Crippen LogP contribution is 2.32. The predicted octanol–water partition coefficient (Wildman–Crippen LogP) is 2.59. The van der Waals surface area contributed by atoms with Crippen molar-refractivity contribution < 1.29 is 5.11 Å². The van der Waals surface area contributed by atoms with Crippen molar-refractivity contribution in [2.75, 3.05) is 11.4 Å². The molecule has 10 heteroatoms. The summed E-state index contributed by atoms with van der Waals surface area (Å²) < 4.78 is 3.24. The number of aromatic nitrogens is 6. The Balaban J connectivity index is 1.54. The van der Waals surface area contributed by atoms with Gasteiger partial charge in [0, 0.05) is 35.8 Å². The molecule has 2 N–H and O–H groups in total. The van der Waals surface area contributed by atoms with Crippen LogP contribution in [0.25, 0.3) is 27.7 Å². The number of pyridine rings is 1. The number of aromatic hydroxyl groups is 1. The number of anilines is 1. The molecule has 0 radical (unpaired) electrons. The average molecular weight is 452 g/mol. The standard InChI is InChI=1S/C24H20N8O2/c1-2-19-16(10-25)21(30-7-8-31-20(13-30)23(33)29-24(31)34)28-22-17(12-27-32(19)22)15-9-14-5-3-4-6-18(14)26-11-15/h3-6,9,11-12,33H,2,7-8,13H2,1H3,(H,29,34). The molecular formula is C24H20N8O2. The van der Waals surface area contributed by atoms with Gasteiger partial charge in [-0.1, -0.05) is 25.1 Å². The van der Waals surface area contributed by atoms with Crippen LogP contribution in [0.15, 0.2) is 47.5 Å². The Morgan fingerprint density at radius 2 is 2.09 bits per heavy atom. The number of H-pyrrole nitrogens is 1. The summed E-state index contributed by atoms with van der Waals surface area (Å²) in [7, 11) is 0. The minimum Gasteiger partial charge on any atom is -0.493 e. The predicted molar refractivity (Wildman–Crippen MR) is 126 cm³/mol. The number of nitriles is 1. The molecule has 1 aliphatic rings. The Kier molecular flexibility index (Phi) is 4.38. The zero-order valence-corrected chi connectivity index (χ0v) is 18.4. The van der Waals surface area contributed by atoms with E-state index in [1.807, 2.05) is 42.3 Å². The third kappa shape index (κ3) is 2.87. The molecule has 10 nitrogen and oxygen atoms in total. The minimum atomic E-state index is -0.341. The second kappa shape index (κ2) is 7.45. The van der Waals surface area contributed by atoms with E-state index < -0.39 is 0 Å². The molecule has 0 bridgehead atoms. The van der Waals surface area contributed by atoms with E-state index in [0.29, 0.717) is 42.2 Å². The van der Waals surface area contributed by atoms with Crippen LogP contribution in [0.5, 0.6) is 5.88 Å². The number of hydrogen-bond acceptors (Lipinski definition) is 7. The molecule has 0 atom stereocenters. The van der Waals surface area contributed by atoms with Crippen molar-refractivity contribution in [1.82, 2.24) is 29.1 Å². The molecule has 168 valence electrons. The first kappa shape index (κ1) is 20.0. The van der Waals surface area contributed by atoms with Crippen molar-refractivity contribution in [3.05, 3.63) is 70.2 Å². The third-order valence-corrected chi connectivity index (χ3v) is 6.38. The summed E-state index contributed by atoms with van der Waals surface area (Å²) >= 11 is 0. The first-order valence-corrected chi connectivity index (χ1v) is 11.0. The molecule has 0 fully saturated rings. The van der Waals surface area contributed by atoms with Crippen LogP contribution in [0.3, 0.4) is 0 Å². The SMILES string of the molecule is CCc1c(C#N)c(N2CCn3c(c(O)[nH]c3=O)C2)nc2c(-c3cnc4ccccc4c3)cnn12. The molecule has 4 aromatic heterocycles. The first-order valence-electron chi connectivity index (χ1n) is 11.0. The van der Waals surface area contributed by atoms with Crippen LogP contribution in [0.4, 0.5) is 5.82 Å². The number of para-hydroxylation sites is 1. The lowest BCUT2D eigenvalue weighted by Crippen LogP contribution is -2.38. The Bertz CT molecular complexity index is 1690. The Labute approximate surface area is 193 Å². The van der Waals surface area contributed by atoms with Gasteiger partial charge < -0.3 is 10.0 Å². The highest BCUT2D eigenvalue weighted by Gasteiger charge is 2.27. The molecule has 1 aromatic carbocycles. The monoisotopic (exact) mass is 452 g/mol. The van der Waals surface area contributed by atoms with E-state index in [0.717, 1.165) is 27.7 Å². The highest BCUT2D eigenvalue weighted by molar-refractivity contribution is 5.87. The quantitative estimate of drug-likeness (QED) is 0.431. The first-order chi connectivity index (χ1) is 16.6. The molecule has 0 spiro atoms. The summed E-state index contributed by atoms with van der Waals surface area (Å²) in [5.74, 6) is 0.360. The van der Waals surface area contributed by atoms with Crippen molar-refractivity contribution in [3.8, 4) is 23.1 Å². The van der Waals surface area contributed by atoms with Gasteiger partial charge in [-0.3, -0.25) is 14.5 Å². The molecule has 0 saturated heterocycles. The van der Waals surface area contributed by atoms with Gasteiger partial charge in [0.25, 0.3) is 0 Å². The second-order valence-corrected chi connectivity index (χ2v) is 8.23. The molecule has 5 heterocycles. The molecule has 6 rings (SSSR count). The summed E-state index contributed by atoms with van der Waals surface area (Å²) in [6, 6.07) is 12.3. The number of nitrogens with zero attached hydrogens (tertiary/aromatic N) is 7. The number of fused-ring (bicyclic) bond motifs is 3. The average Bonchev–Trinajstić information content (AvgIpc) is 3.42. The minimum absolute atomic E-state index is 0.155. The van der Waals surface area contributed by atoms with Gasteiger partial charge in [0.05, 0.1) is 24.0 Å². The van der Waals surface area contributed by atoms with Gasteiger partial charge in [-0.25, -0.2) is 14.3 Å². The van der Waals surface area contributed by atoms with Gasteiger partial charge in [-0.2, -0.15) is 10.4 Å². The maximum absolute atomic E-state index is 12.0. The van der Waals surface area contributed by atoms with Gasteiger partial charge in [-0.15, -0.1) is 0 Å². The number of nitrogens with one attached hydrogen (secondary N) is 1.